The number of halogens is 2. The van der Waals surface area contributed by atoms with E-state index < -0.39 is 35.0 Å². The predicted molar refractivity (Wildman–Crippen MR) is 63.1 cm³/mol. The van der Waals surface area contributed by atoms with Gasteiger partial charge < -0.3 is 4.74 Å². The van der Waals surface area contributed by atoms with Crippen molar-refractivity contribution in [2.45, 2.75) is 19.8 Å². The van der Waals surface area contributed by atoms with Crippen LogP contribution in [0.2, 0.25) is 0 Å². The van der Waals surface area contributed by atoms with E-state index in [1.165, 1.54) is 0 Å². The molecule has 6 nitrogen and oxygen atoms in total. The third kappa shape index (κ3) is 3.47. The Bertz CT molecular complexity index is 582. The number of ether oxygens (including phenoxy) is 1. The highest BCUT2D eigenvalue weighted by Gasteiger charge is 2.27. The second-order valence-electron chi connectivity index (χ2n) is 3.72. The van der Waals surface area contributed by atoms with Gasteiger partial charge in [-0.25, -0.2) is 8.78 Å². The highest BCUT2D eigenvalue weighted by Crippen LogP contribution is 2.33. The van der Waals surface area contributed by atoms with Crippen LogP contribution in [0.5, 0.6) is 0 Å². The molecular formula is C12H10F2N2O4. The van der Waals surface area contributed by atoms with Gasteiger partial charge in [0.15, 0.2) is 0 Å². The zero-order chi connectivity index (χ0) is 15.3. The summed E-state index contributed by atoms with van der Waals surface area (Å²) in [5.41, 5.74) is -2.18. The van der Waals surface area contributed by atoms with E-state index in [2.05, 4.69) is 4.74 Å². The number of rotatable bonds is 5. The van der Waals surface area contributed by atoms with Crippen LogP contribution < -0.4 is 0 Å². The normalized spacial score (nSPS) is 10.2. The topological polar surface area (TPSA) is 93.2 Å². The van der Waals surface area contributed by atoms with Gasteiger partial charge in [0, 0.05) is 6.07 Å². The Morgan fingerprint density at radius 3 is 2.65 bits per heavy atom. The molecule has 8 heteroatoms. The number of nitriles is 1. The van der Waals surface area contributed by atoms with E-state index in [9.17, 15) is 23.7 Å². The molecule has 0 radical (unpaired) electrons. The van der Waals surface area contributed by atoms with Gasteiger partial charge in [-0.3, -0.25) is 14.9 Å². The Balaban J connectivity index is 3.39. The molecule has 0 saturated heterocycles. The molecule has 0 fully saturated rings. The van der Waals surface area contributed by atoms with Crippen molar-refractivity contribution >= 4 is 11.7 Å². The first-order valence-electron chi connectivity index (χ1n) is 5.55. The molecule has 0 aliphatic heterocycles. The molecule has 1 aromatic rings. The number of alkyl halides is 2. The number of carbonyl (C=O) groups excluding carboxylic acids is 1. The largest absolute Gasteiger partial charge is 0.466 e. The molecule has 0 aliphatic carbocycles. The lowest BCUT2D eigenvalue weighted by molar-refractivity contribution is -0.386. The molecule has 0 unspecified atom stereocenters. The van der Waals surface area contributed by atoms with Gasteiger partial charge in [-0.2, -0.15) is 5.26 Å². The summed E-state index contributed by atoms with van der Waals surface area (Å²) in [5.74, 6) is -0.793. The third-order valence-corrected chi connectivity index (χ3v) is 2.43. The molecule has 20 heavy (non-hydrogen) atoms. The summed E-state index contributed by atoms with van der Waals surface area (Å²) in [4.78, 5) is 21.1. The Morgan fingerprint density at radius 1 is 1.55 bits per heavy atom. The third-order valence-electron chi connectivity index (χ3n) is 2.43. The lowest BCUT2D eigenvalue weighted by Crippen LogP contribution is -2.11. The van der Waals surface area contributed by atoms with Crippen molar-refractivity contribution < 1.29 is 23.2 Å². The van der Waals surface area contributed by atoms with Crippen LogP contribution in [0.25, 0.3) is 0 Å². The van der Waals surface area contributed by atoms with E-state index in [4.69, 9.17) is 5.26 Å². The van der Waals surface area contributed by atoms with Crippen molar-refractivity contribution in [3.05, 3.63) is 38.9 Å². The number of hydrogen-bond donors (Lipinski definition) is 0. The average molecular weight is 284 g/mol. The van der Waals surface area contributed by atoms with Crippen LogP contribution in [0.3, 0.4) is 0 Å². The minimum atomic E-state index is -3.13. The maximum Gasteiger partial charge on any atom is 0.310 e. The van der Waals surface area contributed by atoms with E-state index >= 15 is 0 Å². The van der Waals surface area contributed by atoms with Crippen molar-refractivity contribution in [3.63, 3.8) is 0 Å². The summed E-state index contributed by atoms with van der Waals surface area (Å²) in [6, 6.07) is 3.43. The minimum Gasteiger partial charge on any atom is -0.466 e. The predicted octanol–water partition coefficient (Wildman–Crippen LogP) is 2.51. The van der Waals surface area contributed by atoms with Crippen LogP contribution in [0.15, 0.2) is 12.1 Å². The van der Waals surface area contributed by atoms with E-state index in [1.54, 1.807) is 13.0 Å². The Labute approximate surface area is 112 Å². The molecular weight excluding hydrogens is 274 g/mol. The van der Waals surface area contributed by atoms with E-state index in [0.717, 1.165) is 12.1 Å². The van der Waals surface area contributed by atoms with Crippen LogP contribution >= 0.6 is 0 Å². The van der Waals surface area contributed by atoms with E-state index in [1.807, 2.05) is 0 Å². The van der Waals surface area contributed by atoms with Crippen molar-refractivity contribution in [1.82, 2.24) is 0 Å². The first kappa shape index (κ1) is 15.5. The zero-order valence-corrected chi connectivity index (χ0v) is 10.4. The quantitative estimate of drug-likeness (QED) is 0.470. The monoisotopic (exact) mass is 284 g/mol. The fraction of sp³-hybridized carbons (Fsp3) is 0.333. The molecule has 0 amide bonds. The fourth-order valence-electron chi connectivity index (χ4n) is 1.68. The smallest absolute Gasteiger partial charge is 0.310 e. The molecule has 1 rings (SSSR count). The van der Waals surface area contributed by atoms with E-state index in [-0.39, 0.29) is 17.7 Å². The number of nitro benzene ring substituents is 1. The second kappa shape index (κ2) is 6.56. The van der Waals surface area contributed by atoms with Gasteiger partial charge in [0.1, 0.15) is 0 Å². The van der Waals surface area contributed by atoms with Gasteiger partial charge >= 0.3 is 5.97 Å². The van der Waals surface area contributed by atoms with Crippen LogP contribution in [-0.4, -0.2) is 17.5 Å². The van der Waals surface area contributed by atoms with Crippen LogP contribution in [0.1, 0.15) is 30.0 Å². The first-order chi connectivity index (χ1) is 9.40. The number of hydrogen-bond acceptors (Lipinski definition) is 5. The van der Waals surface area contributed by atoms with Gasteiger partial charge in [0.05, 0.1) is 35.1 Å². The minimum absolute atomic E-state index is 0.0584. The second-order valence-corrected chi connectivity index (χ2v) is 3.72. The number of carbonyl (C=O) groups is 1. The first-order valence-corrected chi connectivity index (χ1v) is 5.55. The molecule has 0 spiro atoms. The standard InChI is InChI=1S/C12H10F2N2O4/c1-2-20-10(17)5-8-3-7(6-15)4-9(16(18)19)11(8)12(13)14/h3-4,12H,2,5H2,1H3. The number of esters is 1. The number of benzene rings is 1. The summed E-state index contributed by atoms with van der Waals surface area (Å²) in [5, 5.41) is 19.6. The Kier molecular flexibility index (Phi) is 5.08. The summed E-state index contributed by atoms with van der Waals surface area (Å²) in [6.45, 7) is 1.60. The lowest BCUT2D eigenvalue weighted by atomic mass is 9.99. The van der Waals surface area contributed by atoms with Crippen molar-refractivity contribution in [3.8, 4) is 6.07 Å². The number of nitrogens with zero attached hydrogens (tertiary/aromatic N) is 2. The van der Waals surface area contributed by atoms with Gasteiger partial charge in [0.2, 0.25) is 0 Å². The van der Waals surface area contributed by atoms with Crippen molar-refractivity contribution in [2.24, 2.45) is 0 Å². The zero-order valence-electron chi connectivity index (χ0n) is 10.4. The van der Waals surface area contributed by atoms with Crippen LogP contribution in [0.4, 0.5) is 14.5 Å². The molecule has 0 aromatic heterocycles. The van der Waals surface area contributed by atoms with Gasteiger partial charge in [-0.1, -0.05) is 0 Å². The van der Waals surface area contributed by atoms with Gasteiger partial charge in [-0.05, 0) is 18.6 Å². The van der Waals surface area contributed by atoms with Crippen molar-refractivity contribution in [1.29, 1.82) is 5.26 Å². The molecule has 0 N–H and O–H groups in total. The van der Waals surface area contributed by atoms with Gasteiger partial charge in [0.25, 0.3) is 12.1 Å². The highest BCUT2D eigenvalue weighted by molar-refractivity contribution is 5.74. The van der Waals surface area contributed by atoms with Gasteiger partial charge in [-0.15, -0.1) is 0 Å². The van der Waals surface area contributed by atoms with E-state index in [0.29, 0.717) is 0 Å². The lowest BCUT2D eigenvalue weighted by Gasteiger charge is -2.09. The number of nitro groups is 1. The fourth-order valence-corrected chi connectivity index (χ4v) is 1.68. The van der Waals surface area contributed by atoms with Crippen molar-refractivity contribution in [2.75, 3.05) is 6.61 Å². The Morgan fingerprint density at radius 2 is 2.20 bits per heavy atom. The van der Waals surface area contributed by atoms with Crippen LogP contribution in [-0.2, 0) is 16.0 Å². The molecule has 0 atom stereocenters. The molecule has 106 valence electrons. The molecule has 0 saturated carbocycles. The Hall–Kier alpha value is -2.56. The molecule has 1 aromatic carbocycles. The maximum absolute atomic E-state index is 13.0. The molecule has 0 aliphatic rings. The summed E-state index contributed by atoms with van der Waals surface area (Å²) >= 11 is 0. The SMILES string of the molecule is CCOC(=O)Cc1cc(C#N)cc([N+](=O)[O-])c1C(F)F. The molecule has 0 bridgehead atoms. The maximum atomic E-state index is 13.0. The average Bonchev–Trinajstić information content (AvgIpc) is 2.37. The summed E-state index contributed by atoms with van der Waals surface area (Å²) in [7, 11) is 0. The summed E-state index contributed by atoms with van der Waals surface area (Å²) in [6.07, 6.45) is -3.68. The van der Waals surface area contributed by atoms with Crippen LogP contribution in [0, 0.1) is 21.4 Å². The molecule has 0 heterocycles. The highest BCUT2D eigenvalue weighted by atomic mass is 19.3. The summed E-state index contributed by atoms with van der Waals surface area (Å²) < 4.78 is 30.6.